The summed E-state index contributed by atoms with van der Waals surface area (Å²) in [5.74, 6) is 0.117. The van der Waals surface area contributed by atoms with E-state index in [0.717, 1.165) is 28.5 Å². The number of anilines is 2. The predicted octanol–water partition coefficient (Wildman–Crippen LogP) is 4.42. The first-order valence-electron chi connectivity index (χ1n) is 11.3. The molecule has 2 fully saturated rings. The lowest BCUT2D eigenvalue weighted by atomic mass is 10.0. The van der Waals surface area contributed by atoms with Gasteiger partial charge in [-0.15, -0.1) is 0 Å². The zero-order chi connectivity index (χ0) is 24.0. The molecule has 0 saturated carbocycles. The maximum atomic E-state index is 12.8. The molecule has 2 aliphatic heterocycles. The van der Waals surface area contributed by atoms with E-state index in [-0.39, 0.29) is 18.0 Å². The Morgan fingerprint density at radius 1 is 1.26 bits per heavy atom. The fourth-order valence-corrected chi connectivity index (χ4v) is 5.37. The van der Waals surface area contributed by atoms with Gasteiger partial charge in [0.25, 0.3) is 5.91 Å². The fourth-order valence-electron chi connectivity index (χ4n) is 4.84. The van der Waals surface area contributed by atoms with Gasteiger partial charge >= 0.3 is 6.09 Å². The molecule has 3 aromatic heterocycles. The number of amides is 2. The average Bonchev–Trinajstić information content (AvgIpc) is 3.48. The van der Waals surface area contributed by atoms with E-state index in [9.17, 15) is 9.59 Å². The Balaban J connectivity index is 1.45. The van der Waals surface area contributed by atoms with Gasteiger partial charge < -0.3 is 24.8 Å². The van der Waals surface area contributed by atoms with Gasteiger partial charge in [0.05, 0.1) is 32.8 Å². The minimum Gasteiger partial charge on any atom is -0.444 e. The number of aromatic amines is 1. The number of ether oxygens (including phenoxy) is 1. The van der Waals surface area contributed by atoms with E-state index in [1.807, 2.05) is 20.8 Å². The lowest BCUT2D eigenvalue weighted by molar-refractivity contribution is 0.0284. The van der Waals surface area contributed by atoms with Crippen molar-refractivity contribution < 1.29 is 14.3 Å². The minimum absolute atomic E-state index is 0.159. The summed E-state index contributed by atoms with van der Waals surface area (Å²) in [5.41, 5.74) is 2.25. The molecule has 9 nitrogen and oxygen atoms in total. The maximum absolute atomic E-state index is 12.8. The zero-order valence-electron chi connectivity index (χ0n) is 19.3. The van der Waals surface area contributed by atoms with Gasteiger partial charge in [-0.1, -0.05) is 0 Å². The molecular weight excluding hydrogens is 500 g/mol. The molecule has 0 spiro atoms. The summed E-state index contributed by atoms with van der Waals surface area (Å²) in [6.07, 6.45) is 7.40. The maximum Gasteiger partial charge on any atom is 0.410 e. The lowest BCUT2D eigenvalue weighted by Crippen LogP contribution is -2.39. The molecule has 10 heteroatoms. The number of halogens is 1. The molecule has 34 heavy (non-hydrogen) atoms. The van der Waals surface area contributed by atoms with Crippen molar-refractivity contribution in [2.75, 3.05) is 29.9 Å². The van der Waals surface area contributed by atoms with Crippen molar-refractivity contribution in [2.24, 2.45) is 5.92 Å². The Morgan fingerprint density at radius 2 is 2.09 bits per heavy atom. The molecule has 0 aliphatic carbocycles. The summed E-state index contributed by atoms with van der Waals surface area (Å²) in [4.78, 5) is 41.4. The molecule has 3 aromatic rings. The van der Waals surface area contributed by atoms with Crippen molar-refractivity contribution >= 4 is 50.3 Å². The van der Waals surface area contributed by atoms with Crippen molar-refractivity contribution in [1.29, 1.82) is 0 Å². The molecule has 0 aromatic carbocycles. The minimum atomic E-state index is -0.527. The zero-order valence-corrected chi connectivity index (χ0v) is 20.9. The first kappa shape index (κ1) is 22.6. The molecule has 0 radical (unpaired) electrons. The molecule has 2 N–H and O–H groups in total. The Labute approximate surface area is 206 Å². The van der Waals surface area contributed by atoms with Crippen LogP contribution < -0.4 is 10.2 Å². The molecule has 0 bridgehead atoms. The molecule has 2 aliphatic rings. The normalized spacial score (nSPS) is 20.0. The molecule has 5 heterocycles. The van der Waals surface area contributed by atoms with Crippen LogP contribution >= 0.6 is 15.9 Å². The number of nitrogens with zero attached hydrogens (tertiary/aromatic N) is 4. The first-order valence-corrected chi connectivity index (χ1v) is 12.1. The number of rotatable bonds is 3. The van der Waals surface area contributed by atoms with Crippen molar-refractivity contribution in [1.82, 2.24) is 19.9 Å². The van der Waals surface area contributed by atoms with Crippen LogP contribution in [0.5, 0.6) is 0 Å². The van der Waals surface area contributed by atoms with Crippen LogP contribution in [0.4, 0.5) is 16.2 Å². The molecule has 5 rings (SSSR count). The van der Waals surface area contributed by atoms with Gasteiger partial charge in [-0.25, -0.2) is 9.78 Å². The number of carbonyl (C=O) groups excluding carboxylic acids is 2. The summed E-state index contributed by atoms with van der Waals surface area (Å²) in [7, 11) is 0. The monoisotopic (exact) mass is 526 g/mol. The highest BCUT2D eigenvalue weighted by molar-refractivity contribution is 9.10. The van der Waals surface area contributed by atoms with Gasteiger partial charge in [0, 0.05) is 50.3 Å². The Kier molecular flexibility index (Phi) is 5.71. The highest BCUT2D eigenvalue weighted by atomic mass is 79.9. The Morgan fingerprint density at radius 3 is 2.82 bits per heavy atom. The number of hydrogen-bond acceptors (Lipinski definition) is 6. The summed E-state index contributed by atoms with van der Waals surface area (Å²) in [6, 6.07) is 3.61. The van der Waals surface area contributed by atoms with Gasteiger partial charge in [0.2, 0.25) is 0 Å². The standard InChI is InChI=1S/C24H27BrN6O3/c1-24(2,3)34-23(33)30-12-15-6-8-31(18(15)13-30)20-16(25)10-27-21-19(20)17(11-28-21)29-22(32)14-5-4-7-26-9-14/h4-5,7,9-11,15,18H,6,8,12-13H2,1-3H3,(H,27,28)(H,29,32). The quantitative estimate of drug-likeness (QED) is 0.523. The highest BCUT2D eigenvalue weighted by Gasteiger charge is 2.45. The highest BCUT2D eigenvalue weighted by Crippen LogP contribution is 2.44. The van der Waals surface area contributed by atoms with Crippen molar-refractivity contribution in [3.05, 3.63) is 47.0 Å². The second kappa shape index (κ2) is 8.57. The summed E-state index contributed by atoms with van der Waals surface area (Å²) in [5, 5.41) is 3.84. The number of aromatic nitrogens is 3. The van der Waals surface area contributed by atoms with Gasteiger partial charge in [-0.3, -0.25) is 9.78 Å². The molecule has 178 valence electrons. The first-order chi connectivity index (χ1) is 16.2. The number of fused-ring (bicyclic) bond motifs is 2. The molecule has 2 atom stereocenters. The van der Waals surface area contributed by atoms with Gasteiger partial charge in [0.15, 0.2) is 0 Å². The van der Waals surface area contributed by atoms with Crippen LogP contribution in [0.1, 0.15) is 37.6 Å². The largest absolute Gasteiger partial charge is 0.444 e. The summed E-state index contributed by atoms with van der Waals surface area (Å²) in [6.45, 7) is 7.78. The Hall–Kier alpha value is -3.14. The SMILES string of the molecule is CC(C)(C)OC(=O)N1CC2CCN(c3c(Br)cnc4[nH]cc(NC(=O)c5cccnc5)c34)C2C1. The van der Waals surface area contributed by atoms with Crippen molar-refractivity contribution in [3.63, 3.8) is 0 Å². The summed E-state index contributed by atoms with van der Waals surface area (Å²) < 4.78 is 6.45. The van der Waals surface area contributed by atoms with Crippen molar-refractivity contribution in [3.8, 4) is 0 Å². The Bertz CT molecular complexity index is 1240. The van der Waals surface area contributed by atoms with Crippen LogP contribution in [0.2, 0.25) is 0 Å². The lowest BCUT2D eigenvalue weighted by Gasteiger charge is -2.29. The number of pyridine rings is 2. The van der Waals surface area contributed by atoms with Crippen LogP contribution in [-0.2, 0) is 4.74 Å². The van der Waals surface area contributed by atoms with Crippen LogP contribution in [0, 0.1) is 5.92 Å². The van der Waals surface area contributed by atoms with E-state index in [4.69, 9.17) is 4.74 Å². The molecule has 2 saturated heterocycles. The number of H-pyrrole nitrogens is 1. The van der Waals surface area contributed by atoms with E-state index in [0.29, 0.717) is 35.9 Å². The molecular formula is C24H27BrN6O3. The number of nitrogens with one attached hydrogen (secondary N) is 2. The third kappa shape index (κ3) is 4.22. The molecule has 2 amide bonds. The van der Waals surface area contributed by atoms with E-state index >= 15 is 0 Å². The van der Waals surface area contributed by atoms with Crippen molar-refractivity contribution in [2.45, 2.75) is 38.8 Å². The third-order valence-electron chi connectivity index (χ3n) is 6.29. The number of carbonyl (C=O) groups is 2. The topological polar surface area (TPSA) is 103 Å². The van der Waals surface area contributed by atoms with Crippen LogP contribution in [0.25, 0.3) is 11.0 Å². The van der Waals surface area contributed by atoms with E-state index in [1.54, 1.807) is 35.6 Å². The summed E-state index contributed by atoms with van der Waals surface area (Å²) >= 11 is 3.69. The second-order valence-corrected chi connectivity index (χ2v) is 10.6. The predicted molar refractivity (Wildman–Crippen MR) is 133 cm³/mol. The van der Waals surface area contributed by atoms with E-state index in [2.05, 4.69) is 41.1 Å². The number of hydrogen-bond donors (Lipinski definition) is 2. The van der Waals surface area contributed by atoms with Gasteiger partial charge in [-0.05, 0) is 55.3 Å². The van der Waals surface area contributed by atoms with Gasteiger partial charge in [-0.2, -0.15) is 0 Å². The van der Waals surface area contributed by atoms with Crippen LogP contribution in [0.3, 0.4) is 0 Å². The third-order valence-corrected chi connectivity index (χ3v) is 6.87. The fraction of sp³-hybridized carbons (Fsp3) is 0.417. The smallest absolute Gasteiger partial charge is 0.410 e. The second-order valence-electron chi connectivity index (χ2n) is 9.77. The van der Waals surface area contributed by atoms with Crippen LogP contribution in [-0.4, -0.2) is 63.1 Å². The average molecular weight is 527 g/mol. The number of likely N-dealkylation sites (tertiary alicyclic amines) is 1. The van der Waals surface area contributed by atoms with Crippen LogP contribution in [0.15, 0.2) is 41.4 Å². The van der Waals surface area contributed by atoms with E-state index < -0.39 is 5.60 Å². The molecule has 2 unspecified atom stereocenters. The van der Waals surface area contributed by atoms with Gasteiger partial charge in [0.1, 0.15) is 11.2 Å². The van der Waals surface area contributed by atoms with E-state index in [1.165, 1.54) is 6.20 Å².